The third-order valence-electron chi connectivity index (χ3n) is 6.09. The minimum atomic E-state index is 0.778. The molecule has 0 saturated carbocycles. The molecule has 4 rings (SSSR count). The summed E-state index contributed by atoms with van der Waals surface area (Å²) in [6, 6.07) is 13.3. The van der Waals surface area contributed by atoms with Crippen LogP contribution < -0.4 is 0 Å². The maximum atomic E-state index is 4.79. The maximum absolute atomic E-state index is 4.79. The first-order valence-electron chi connectivity index (χ1n) is 10.3. The lowest BCUT2D eigenvalue weighted by Crippen LogP contribution is -2.45. The molecule has 0 radical (unpaired) electrons. The third-order valence-corrected chi connectivity index (χ3v) is 6.09. The van der Waals surface area contributed by atoms with Crippen LogP contribution in [0.3, 0.4) is 0 Å². The van der Waals surface area contributed by atoms with Crippen LogP contribution in [-0.4, -0.2) is 51.8 Å². The summed E-state index contributed by atoms with van der Waals surface area (Å²) in [7, 11) is 0. The van der Waals surface area contributed by atoms with Gasteiger partial charge in [0.25, 0.3) is 0 Å². The van der Waals surface area contributed by atoms with E-state index >= 15 is 0 Å². The Bertz CT molecular complexity index is 680. The maximum Gasteiger partial charge on any atom is 0.0769 e. The first-order chi connectivity index (χ1) is 12.8. The Balaban J connectivity index is 1.33. The van der Waals surface area contributed by atoms with E-state index in [0.29, 0.717) is 0 Å². The van der Waals surface area contributed by atoms with Gasteiger partial charge in [-0.15, -0.1) is 0 Å². The van der Waals surface area contributed by atoms with Gasteiger partial charge in [0.2, 0.25) is 0 Å². The van der Waals surface area contributed by atoms with Crippen molar-refractivity contribution in [2.24, 2.45) is 5.92 Å². The minimum Gasteiger partial charge on any atom is -0.300 e. The molecule has 0 N–H and O–H groups in total. The van der Waals surface area contributed by atoms with E-state index in [4.69, 9.17) is 5.10 Å². The Morgan fingerprint density at radius 3 is 2.73 bits per heavy atom. The van der Waals surface area contributed by atoms with Crippen molar-refractivity contribution < 1.29 is 0 Å². The van der Waals surface area contributed by atoms with Crippen LogP contribution in [0.2, 0.25) is 0 Å². The Morgan fingerprint density at radius 2 is 1.88 bits per heavy atom. The second-order valence-electron chi connectivity index (χ2n) is 8.17. The van der Waals surface area contributed by atoms with E-state index in [1.165, 1.54) is 64.0 Å². The van der Waals surface area contributed by atoms with Crippen molar-refractivity contribution in [2.45, 2.75) is 51.6 Å². The molecule has 0 spiro atoms. The Labute approximate surface area is 157 Å². The first kappa shape index (κ1) is 17.7. The predicted octanol–water partition coefficient (Wildman–Crippen LogP) is 3.96. The van der Waals surface area contributed by atoms with Crippen molar-refractivity contribution in [1.29, 1.82) is 0 Å². The molecule has 140 valence electrons. The van der Waals surface area contributed by atoms with E-state index in [-0.39, 0.29) is 0 Å². The molecule has 3 heterocycles. The number of hydrogen-bond donors (Lipinski definition) is 0. The third kappa shape index (κ3) is 4.36. The first-order valence-corrected chi connectivity index (χ1v) is 10.3. The summed E-state index contributed by atoms with van der Waals surface area (Å²) in [5, 5.41) is 4.79. The number of para-hydroxylation sites is 1. The molecule has 2 atom stereocenters. The van der Waals surface area contributed by atoms with Gasteiger partial charge in [-0.2, -0.15) is 5.10 Å². The van der Waals surface area contributed by atoms with Crippen molar-refractivity contribution in [3.8, 4) is 5.69 Å². The van der Waals surface area contributed by atoms with E-state index in [9.17, 15) is 0 Å². The minimum absolute atomic E-state index is 0.778. The molecule has 2 aliphatic heterocycles. The summed E-state index contributed by atoms with van der Waals surface area (Å²) in [4.78, 5) is 5.35. The molecule has 0 aliphatic carbocycles. The van der Waals surface area contributed by atoms with Gasteiger partial charge in [0.1, 0.15) is 0 Å². The zero-order chi connectivity index (χ0) is 17.8. The van der Waals surface area contributed by atoms with Gasteiger partial charge in [-0.3, -0.25) is 4.90 Å². The van der Waals surface area contributed by atoms with Gasteiger partial charge >= 0.3 is 0 Å². The highest BCUT2D eigenvalue weighted by Crippen LogP contribution is 2.23. The molecule has 2 aliphatic rings. The van der Waals surface area contributed by atoms with Gasteiger partial charge < -0.3 is 4.90 Å². The quantitative estimate of drug-likeness (QED) is 0.814. The molecule has 2 fully saturated rings. The Hall–Kier alpha value is -1.65. The van der Waals surface area contributed by atoms with Crippen molar-refractivity contribution >= 4 is 0 Å². The molecule has 1 aromatic heterocycles. The summed E-state index contributed by atoms with van der Waals surface area (Å²) < 4.78 is 1.99. The van der Waals surface area contributed by atoms with Crippen molar-refractivity contribution in [3.05, 3.63) is 48.3 Å². The fraction of sp³-hybridized carbons (Fsp3) is 0.591. The van der Waals surface area contributed by atoms with Crippen LogP contribution in [0.15, 0.2) is 42.6 Å². The molecule has 4 nitrogen and oxygen atoms in total. The number of rotatable bonds is 5. The molecule has 26 heavy (non-hydrogen) atoms. The van der Waals surface area contributed by atoms with Crippen LogP contribution in [0, 0.1) is 5.92 Å². The molecule has 0 amide bonds. The molecular weight excluding hydrogens is 320 g/mol. The summed E-state index contributed by atoms with van der Waals surface area (Å²) >= 11 is 0. The molecule has 2 aromatic rings. The van der Waals surface area contributed by atoms with Crippen LogP contribution in [0.5, 0.6) is 0 Å². The van der Waals surface area contributed by atoms with E-state index in [1.807, 2.05) is 10.7 Å². The van der Waals surface area contributed by atoms with Gasteiger partial charge in [-0.25, -0.2) is 4.68 Å². The van der Waals surface area contributed by atoms with Crippen LogP contribution in [0.25, 0.3) is 5.69 Å². The largest absolute Gasteiger partial charge is 0.300 e. The highest BCUT2D eigenvalue weighted by Gasteiger charge is 2.25. The van der Waals surface area contributed by atoms with E-state index < -0.39 is 0 Å². The molecule has 1 aromatic carbocycles. The lowest BCUT2D eigenvalue weighted by molar-refractivity contribution is 0.0907. The van der Waals surface area contributed by atoms with Gasteiger partial charge in [0.05, 0.1) is 11.4 Å². The van der Waals surface area contributed by atoms with Gasteiger partial charge in [-0.1, -0.05) is 24.6 Å². The van der Waals surface area contributed by atoms with Crippen LogP contribution in [-0.2, 0) is 6.54 Å². The fourth-order valence-corrected chi connectivity index (χ4v) is 4.60. The van der Waals surface area contributed by atoms with Crippen molar-refractivity contribution in [3.63, 3.8) is 0 Å². The average Bonchev–Trinajstić information content (AvgIpc) is 3.13. The van der Waals surface area contributed by atoms with Gasteiger partial charge in [0.15, 0.2) is 0 Å². The van der Waals surface area contributed by atoms with Crippen molar-refractivity contribution in [1.82, 2.24) is 19.6 Å². The number of hydrogen-bond acceptors (Lipinski definition) is 3. The SMILES string of the molecule is CC1CCCCN1CC1CCCN(Cc2ccn(-c3ccccc3)n2)C1. The summed E-state index contributed by atoms with van der Waals surface area (Å²) in [6.07, 6.45) is 8.98. The Kier molecular flexibility index (Phi) is 5.71. The standard InChI is InChI=1S/C22H32N4/c1-19-8-5-6-14-25(19)17-20-9-7-13-24(16-20)18-21-12-15-26(23-21)22-10-3-2-4-11-22/h2-4,10-12,15,19-20H,5-9,13-14,16-18H2,1H3. The number of benzene rings is 1. The second kappa shape index (κ2) is 8.36. The molecular formula is C22H32N4. The zero-order valence-electron chi connectivity index (χ0n) is 16.1. The predicted molar refractivity (Wildman–Crippen MR) is 106 cm³/mol. The number of likely N-dealkylation sites (tertiary alicyclic amines) is 2. The van der Waals surface area contributed by atoms with Crippen LogP contribution in [0.1, 0.15) is 44.7 Å². The Morgan fingerprint density at radius 1 is 1.00 bits per heavy atom. The number of nitrogens with zero attached hydrogens (tertiary/aromatic N) is 4. The van der Waals surface area contributed by atoms with Gasteiger partial charge in [0, 0.05) is 31.9 Å². The zero-order valence-corrected chi connectivity index (χ0v) is 16.1. The number of piperidine rings is 2. The van der Waals surface area contributed by atoms with Crippen LogP contribution >= 0.6 is 0 Å². The summed E-state index contributed by atoms with van der Waals surface area (Å²) in [5.41, 5.74) is 2.32. The normalized spacial score (nSPS) is 25.4. The molecule has 2 unspecified atom stereocenters. The summed E-state index contributed by atoms with van der Waals surface area (Å²) in [5.74, 6) is 0.820. The number of aromatic nitrogens is 2. The lowest BCUT2D eigenvalue weighted by atomic mass is 9.94. The monoisotopic (exact) mass is 352 g/mol. The fourth-order valence-electron chi connectivity index (χ4n) is 4.60. The molecule has 4 heteroatoms. The second-order valence-corrected chi connectivity index (χ2v) is 8.17. The van der Waals surface area contributed by atoms with E-state index in [1.54, 1.807) is 0 Å². The molecule has 0 bridgehead atoms. The smallest absolute Gasteiger partial charge is 0.0769 e. The van der Waals surface area contributed by atoms with E-state index in [0.717, 1.165) is 24.2 Å². The van der Waals surface area contributed by atoms with Crippen LogP contribution in [0.4, 0.5) is 0 Å². The van der Waals surface area contributed by atoms with Crippen molar-refractivity contribution in [2.75, 3.05) is 26.2 Å². The van der Waals surface area contributed by atoms with E-state index in [2.05, 4.69) is 53.3 Å². The molecule has 2 saturated heterocycles. The topological polar surface area (TPSA) is 24.3 Å². The highest BCUT2D eigenvalue weighted by atomic mass is 15.3. The van der Waals surface area contributed by atoms with Gasteiger partial charge in [-0.05, 0) is 69.8 Å². The average molecular weight is 353 g/mol. The lowest BCUT2D eigenvalue weighted by Gasteiger charge is -2.39. The summed E-state index contributed by atoms with van der Waals surface area (Å²) in [6.45, 7) is 8.42. The highest BCUT2D eigenvalue weighted by molar-refractivity contribution is 5.30.